The van der Waals surface area contributed by atoms with Crippen molar-refractivity contribution in [3.05, 3.63) is 71.8 Å². The van der Waals surface area contributed by atoms with E-state index in [0.29, 0.717) is 13.0 Å². The van der Waals surface area contributed by atoms with Crippen molar-refractivity contribution >= 4 is 23.6 Å². The molecule has 1 fully saturated rings. The van der Waals surface area contributed by atoms with Gasteiger partial charge in [-0.2, -0.15) is 5.43 Å². The number of aryl methyl sites for hydroxylation is 1. The summed E-state index contributed by atoms with van der Waals surface area (Å²) in [5, 5.41) is 0.107. The highest BCUT2D eigenvalue weighted by molar-refractivity contribution is 7.99. The van der Waals surface area contributed by atoms with Crippen LogP contribution in [0.1, 0.15) is 50.2 Å². The maximum atomic E-state index is 12.6. The van der Waals surface area contributed by atoms with Crippen LogP contribution in [0.2, 0.25) is 0 Å². The van der Waals surface area contributed by atoms with Crippen LogP contribution in [-0.4, -0.2) is 28.3 Å². The molecule has 0 bridgehead atoms. The largest absolute Gasteiger partial charge is 0.345 e. The number of likely N-dealkylation sites (tertiary alicyclic amines) is 1. The molecule has 1 saturated heterocycles. The predicted molar refractivity (Wildman–Crippen MR) is 119 cm³/mol. The number of quaternary nitrogens is 1. The van der Waals surface area contributed by atoms with Crippen LogP contribution < -0.4 is 5.43 Å². The van der Waals surface area contributed by atoms with Crippen molar-refractivity contribution in [2.45, 2.75) is 56.6 Å². The second-order valence-corrected chi connectivity index (χ2v) is 8.93. The van der Waals surface area contributed by atoms with Crippen LogP contribution in [-0.2, 0) is 21.8 Å². The fourth-order valence-corrected chi connectivity index (χ4v) is 5.27. The smallest absolute Gasteiger partial charge is 0.270 e. The van der Waals surface area contributed by atoms with Crippen molar-refractivity contribution in [1.29, 1.82) is 0 Å². The molecule has 0 radical (unpaired) electrons. The van der Waals surface area contributed by atoms with Crippen molar-refractivity contribution in [2.24, 2.45) is 0 Å². The SMILES string of the molecule is CC(=O)N[N+]1(CCCCCCc2ccccc2)C(=O)CC1SCc1ccccc1. The number of amides is 2. The Hall–Kier alpha value is -2.11. The molecule has 0 spiro atoms. The van der Waals surface area contributed by atoms with Crippen LogP contribution in [0, 0.1) is 0 Å². The Labute approximate surface area is 178 Å². The third-order valence-corrected chi connectivity index (χ3v) is 6.91. The van der Waals surface area contributed by atoms with E-state index in [4.69, 9.17) is 0 Å². The van der Waals surface area contributed by atoms with E-state index in [-0.39, 0.29) is 21.8 Å². The molecule has 3 rings (SSSR count). The van der Waals surface area contributed by atoms with E-state index in [1.165, 1.54) is 18.1 Å². The summed E-state index contributed by atoms with van der Waals surface area (Å²) < 4.78 is 0.117. The molecule has 0 aliphatic carbocycles. The lowest BCUT2D eigenvalue weighted by Crippen LogP contribution is -2.75. The van der Waals surface area contributed by atoms with Gasteiger partial charge in [-0.3, -0.25) is 4.79 Å². The van der Waals surface area contributed by atoms with Gasteiger partial charge >= 0.3 is 5.91 Å². The van der Waals surface area contributed by atoms with Gasteiger partial charge in [-0.05, 0) is 36.8 Å². The summed E-state index contributed by atoms with van der Waals surface area (Å²) in [6.45, 7) is 2.20. The Morgan fingerprint density at radius 3 is 2.21 bits per heavy atom. The van der Waals surface area contributed by atoms with Crippen molar-refractivity contribution in [3.63, 3.8) is 0 Å². The molecule has 2 unspecified atom stereocenters. The van der Waals surface area contributed by atoms with Crippen LogP contribution in [0.25, 0.3) is 0 Å². The van der Waals surface area contributed by atoms with Crippen LogP contribution in [0.4, 0.5) is 0 Å². The lowest BCUT2D eigenvalue weighted by atomic mass is 10.1. The quantitative estimate of drug-likeness (QED) is 0.327. The second kappa shape index (κ2) is 10.6. The Balaban J connectivity index is 1.47. The summed E-state index contributed by atoms with van der Waals surface area (Å²) in [5.41, 5.74) is 5.60. The number of carbonyl (C=O) groups is 2. The van der Waals surface area contributed by atoms with E-state index >= 15 is 0 Å². The minimum absolute atomic E-state index is 0.107. The number of thioether (sulfide) groups is 1. The average Bonchev–Trinajstić information content (AvgIpc) is 2.73. The van der Waals surface area contributed by atoms with Gasteiger partial charge < -0.3 is 0 Å². The van der Waals surface area contributed by atoms with Crippen molar-refractivity contribution in [3.8, 4) is 0 Å². The number of unbranched alkanes of at least 4 members (excludes halogenated alkanes) is 3. The van der Waals surface area contributed by atoms with Crippen LogP contribution >= 0.6 is 11.8 Å². The third kappa shape index (κ3) is 5.94. The highest BCUT2D eigenvalue weighted by Gasteiger charge is 2.57. The van der Waals surface area contributed by atoms with Gasteiger partial charge in [0, 0.05) is 12.7 Å². The molecule has 0 aromatic heterocycles. The Morgan fingerprint density at radius 1 is 0.966 bits per heavy atom. The number of nitrogens with one attached hydrogen (secondary N) is 1. The average molecular weight is 412 g/mol. The van der Waals surface area contributed by atoms with Gasteiger partial charge in [0.05, 0.1) is 0 Å². The van der Waals surface area contributed by atoms with E-state index < -0.39 is 0 Å². The molecule has 29 heavy (non-hydrogen) atoms. The number of hydrogen-bond acceptors (Lipinski definition) is 3. The number of β-lactam (4-membered cyclic amide) rings is 1. The molecule has 5 heteroatoms. The van der Waals surface area contributed by atoms with Crippen molar-refractivity contribution < 1.29 is 14.2 Å². The summed E-state index contributed by atoms with van der Waals surface area (Å²) in [4.78, 5) is 24.4. The summed E-state index contributed by atoms with van der Waals surface area (Å²) in [5.74, 6) is 0.859. The maximum Gasteiger partial charge on any atom is 0.345 e. The van der Waals surface area contributed by atoms with Crippen LogP contribution in [0.15, 0.2) is 60.7 Å². The fraction of sp³-hybridized carbons (Fsp3) is 0.417. The monoisotopic (exact) mass is 411 g/mol. The molecular formula is C24H31N2O2S+. The zero-order valence-corrected chi connectivity index (χ0v) is 18.0. The first kappa shape index (κ1) is 21.6. The van der Waals surface area contributed by atoms with Gasteiger partial charge in [0.2, 0.25) is 0 Å². The van der Waals surface area contributed by atoms with E-state index in [2.05, 4.69) is 41.8 Å². The number of hydrogen-bond donors (Lipinski definition) is 1. The topological polar surface area (TPSA) is 46.2 Å². The molecule has 4 nitrogen and oxygen atoms in total. The predicted octanol–water partition coefficient (Wildman–Crippen LogP) is 4.85. The molecule has 1 heterocycles. The third-order valence-electron chi connectivity index (χ3n) is 5.50. The number of carbonyl (C=O) groups excluding carboxylic acids is 2. The molecule has 2 aromatic rings. The normalized spacial score (nSPS) is 20.9. The van der Waals surface area contributed by atoms with Gasteiger partial charge in [0.25, 0.3) is 5.91 Å². The van der Waals surface area contributed by atoms with E-state index in [0.717, 1.165) is 37.9 Å². The lowest BCUT2D eigenvalue weighted by Gasteiger charge is -2.47. The van der Waals surface area contributed by atoms with Gasteiger partial charge in [-0.25, -0.2) is 4.79 Å². The number of rotatable bonds is 11. The van der Waals surface area contributed by atoms with Crippen LogP contribution in [0.5, 0.6) is 0 Å². The van der Waals surface area contributed by atoms with Gasteiger partial charge in [-0.15, -0.1) is 4.59 Å². The Bertz CT molecular complexity index is 797. The van der Waals surface area contributed by atoms with Crippen LogP contribution in [0.3, 0.4) is 0 Å². The summed E-state index contributed by atoms with van der Waals surface area (Å²) in [6.07, 6.45) is 5.96. The number of benzene rings is 2. The first-order chi connectivity index (χ1) is 14.1. The lowest BCUT2D eigenvalue weighted by molar-refractivity contribution is -0.924. The van der Waals surface area contributed by atoms with Gasteiger partial charge in [0.1, 0.15) is 13.0 Å². The highest BCUT2D eigenvalue weighted by atomic mass is 32.2. The minimum Gasteiger partial charge on any atom is -0.270 e. The molecule has 2 aromatic carbocycles. The summed E-state index contributed by atoms with van der Waals surface area (Å²) in [6, 6.07) is 20.8. The molecule has 2 atom stereocenters. The number of nitrogens with zero attached hydrogens (tertiary/aromatic N) is 1. The molecule has 1 aliphatic rings. The van der Waals surface area contributed by atoms with Gasteiger partial charge in [0.15, 0.2) is 5.37 Å². The molecule has 154 valence electrons. The zero-order valence-electron chi connectivity index (χ0n) is 17.2. The Kier molecular flexibility index (Phi) is 7.90. The van der Waals surface area contributed by atoms with E-state index in [1.54, 1.807) is 11.8 Å². The standard InChI is InChI=1S/C24H30N2O2S/c1-20(27)25-26(17-11-3-2-6-12-21-13-7-4-8-14-21)23(28)18-24(26)29-19-22-15-9-5-10-16-22/h4-5,7-10,13-16,24H,2-3,6,11-12,17-19H2,1H3/p+1. The first-order valence-corrected chi connectivity index (χ1v) is 11.5. The van der Waals surface area contributed by atoms with Gasteiger partial charge in [-0.1, -0.05) is 78.8 Å². The second-order valence-electron chi connectivity index (χ2n) is 7.76. The van der Waals surface area contributed by atoms with Crippen molar-refractivity contribution in [1.82, 2.24) is 5.43 Å². The highest BCUT2D eigenvalue weighted by Crippen LogP contribution is 2.38. The first-order valence-electron chi connectivity index (χ1n) is 10.5. The van der Waals surface area contributed by atoms with E-state index in [1.807, 2.05) is 24.3 Å². The molecule has 1 N–H and O–H groups in total. The molecule has 2 amide bonds. The van der Waals surface area contributed by atoms with E-state index in [9.17, 15) is 9.59 Å². The summed E-state index contributed by atoms with van der Waals surface area (Å²) in [7, 11) is 0. The zero-order chi connectivity index (χ0) is 20.5. The summed E-state index contributed by atoms with van der Waals surface area (Å²) >= 11 is 1.77. The minimum atomic E-state index is -0.132. The Morgan fingerprint density at radius 2 is 1.59 bits per heavy atom. The van der Waals surface area contributed by atoms with Crippen molar-refractivity contribution in [2.75, 3.05) is 6.54 Å². The molecular weight excluding hydrogens is 380 g/mol. The fourth-order valence-electron chi connectivity index (χ4n) is 3.90. The molecule has 0 saturated carbocycles. The maximum absolute atomic E-state index is 12.6. The molecule has 1 aliphatic heterocycles.